The molecule has 0 unspecified atom stereocenters. The van der Waals surface area contributed by atoms with Gasteiger partial charge in [-0.05, 0) is 47.9 Å². The highest BCUT2D eigenvalue weighted by Crippen LogP contribution is 2.30. The molecule has 0 fully saturated rings. The van der Waals surface area contributed by atoms with E-state index in [0.717, 1.165) is 0 Å². The normalized spacial score (nSPS) is 10.4. The summed E-state index contributed by atoms with van der Waals surface area (Å²) in [6.07, 6.45) is 0. The van der Waals surface area contributed by atoms with Crippen LogP contribution in [0.4, 0.5) is 0 Å². The van der Waals surface area contributed by atoms with Crippen molar-refractivity contribution in [3.8, 4) is 23.1 Å². The number of aromatic hydroxyl groups is 1. The molecule has 1 heterocycles. The van der Waals surface area contributed by atoms with E-state index in [9.17, 15) is 14.7 Å². The fraction of sp³-hybridized carbons (Fsp3) is 0.105. The van der Waals surface area contributed by atoms with E-state index >= 15 is 0 Å². The van der Waals surface area contributed by atoms with Crippen molar-refractivity contribution in [2.75, 3.05) is 13.7 Å². The number of aromatic nitrogens is 1. The smallest absolute Gasteiger partial charge is 0.322 e. The van der Waals surface area contributed by atoms with Crippen LogP contribution in [0.3, 0.4) is 0 Å². The lowest BCUT2D eigenvalue weighted by Gasteiger charge is -2.09. The molecule has 0 atom stereocenters. The topological polar surface area (TPSA) is 118 Å². The van der Waals surface area contributed by atoms with Gasteiger partial charge in [-0.1, -0.05) is 6.07 Å². The molecule has 8 heteroatoms. The average molecular weight is 368 g/mol. The Morgan fingerprint density at radius 2 is 1.70 bits per heavy atom. The zero-order valence-corrected chi connectivity index (χ0v) is 14.3. The number of carboxylic acids is 1. The molecular formula is C19H16N2O6. The van der Waals surface area contributed by atoms with Gasteiger partial charge >= 0.3 is 5.97 Å². The lowest BCUT2D eigenvalue weighted by molar-refractivity contribution is -0.135. The fourth-order valence-corrected chi connectivity index (χ4v) is 2.41. The van der Waals surface area contributed by atoms with Crippen molar-refractivity contribution in [2.24, 2.45) is 0 Å². The van der Waals surface area contributed by atoms with Crippen molar-refractivity contribution < 1.29 is 29.3 Å². The van der Waals surface area contributed by atoms with Crippen LogP contribution >= 0.6 is 0 Å². The van der Waals surface area contributed by atoms with E-state index in [2.05, 4.69) is 10.3 Å². The van der Waals surface area contributed by atoms with Crippen LogP contribution in [-0.2, 0) is 4.79 Å². The summed E-state index contributed by atoms with van der Waals surface area (Å²) < 4.78 is 10.8. The minimum absolute atomic E-state index is 0.0786. The van der Waals surface area contributed by atoms with Crippen molar-refractivity contribution in [3.05, 3.63) is 54.2 Å². The molecule has 1 aromatic heterocycles. The molecule has 0 aliphatic rings. The predicted molar refractivity (Wildman–Crippen MR) is 96.4 cm³/mol. The van der Waals surface area contributed by atoms with E-state index in [1.165, 1.54) is 6.07 Å². The lowest BCUT2D eigenvalue weighted by Crippen LogP contribution is -2.29. The van der Waals surface area contributed by atoms with Gasteiger partial charge in [0.15, 0.2) is 0 Å². The van der Waals surface area contributed by atoms with Crippen molar-refractivity contribution >= 4 is 22.6 Å². The summed E-state index contributed by atoms with van der Waals surface area (Å²) in [5.41, 5.74) is -0.0786. The number of carboxylic acid groups (broad SMARTS) is 1. The fourth-order valence-electron chi connectivity index (χ4n) is 2.41. The van der Waals surface area contributed by atoms with Crippen LogP contribution in [-0.4, -0.2) is 40.7 Å². The molecule has 3 N–H and O–H groups in total. The van der Waals surface area contributed by atoms with Gasteiger partial charge in [0.05, 0.1) is 7.11 Å². The molecule has 0 aliphatic heterocycles. The second-order valence-electron chi connectivity index (χ2n) is 5.57. The SMILES string of the molecule is COc1ccc(Oc2ccc3cc(C(=O)NCC(=O)O)nc(O)c3c2)cc1. The highest BCUT2D eigenvalue weighted by atomic mass is 16.5. The Morgan fingerprint density at radius 1 is 1.04 bits per heavy atom. The van der Waals surface area contributed by atoms with Crippen molar-refractivity contribution in [2.45, 2.75) is 0 Å². The molecule has 0 saturated carbocycles. The maximum absolute atomic E-state index is 11.9. The van der Waals surface area contributed by atoms with Gasteiger partial charge in [-0.25, -0.2) is 4.98 Å². The number of ether oxygens (including phenoxy) is 2. The standard InChI is InChI=1S/C19H16N2O6/c1-26-12-4-6-13(7-5-12)27-14-3-2-11-8-16(19(25)20-10-17(22)23)21-18(24)15(11)9-14/h2-9H,10H2,1H3,(H,20,25)(H,21,24)(H,22,23). The number of nitrogens with one attached hydrogen (secondary N) is 1. The number of methoxy groups -OCH3 is 1. The number of carbonyl (C=O) groups is 2. The molecule has 0 radical (unpaired) electrons. The second kappa shape index (κ2) is 7.61. The number of amides is 1. The van der Waals surface area contributed by atoms with Crippen molar-refractivity contribution in [1.29, 1.82) is 0 Å². The molecule has 3 aromatic rings. The number of nitrogens with zero attached hydrogens (tertiary/aromatic N) is 1. The first kappa shape index (κ1) is 18.0. The summed E-state index contributed by atoms with van der Waals surface area (Å²) in [5, 5.41) is 21.9. The molecule has 8 nitrogen and oxygen atoms in total. The number of rotatable bonds is 6. The van der Waals surface area contributed by atoms with Crippen molar-refractivity contribution in [3.63, 3.8) is 0 Å². The van der Waals surface area contributed by atoms with E-state index in [1.54, 1.807) is 49.6 Å². The highest BCUT2D eigenvalue weighted by molar-refractivity contribution is 5.99. The van der Waals surface area contributed by atoms with Gasteiger partial charge in [-0.3, -0.25) is 9.59 Å². The Balaban J connectivity index is 1.84. The molecule has 138 valence electrons. The Labute approximate surface area is 154 Å². The highest BCUT2D eigenvalue weighted by Gasteiger charge is 2.13. The minimum atomic E-state index is -1.17. The lowest BCUT2D eigenvalue weighted by atomic mass is 10.1. The number of benzene rings is 2. The molecule has 1 amide bonds. The Bertz CT molecular complexity index is 1000. The first-order valence-electron chi connectivity index (χ1n) is 7.92. The molecule has 0 bridgehead atoms. The second-order valence-corrected chi connectivity index (χ2v) is 5.57. The molecule has 0 saturated heterocycles. The van der Waals surface area contributed by atoms with Crippen LogP contribution in [0, 0.1) is 0 Å². The van der Waals surface area contributed by atoms with E-state index in [-0.39, 0.29) is 11.6 Å². The van der Waals surface area contributed by atoms with Crippen LogP contribution in [0.25, 0.3) is 10.8 Å². The van der Waals surface area contributed by atoms with E-state index in [0.29, 0.717) is 28.0 Å². The average Bonchev–Trinajstić information content (AvgIpc) is 2.67. The van der Waals surface area contributed by atoms with Gasteiger partial charge in [0.2, 0.25) is 5.88 Å². The minimum Gasteiger partial charge on any atom is -0.497 e. The zero-order chi connectivity index (χ0) is 19.4. The van der Waals surface area contributed by atoms with Gasteiger partial charge in [0, 0.05) is 5.39 Å². The quantitative estimate of drug-likeness (QED) is 0.612. The number of fused-ring (bicyclic) bond motifs is 1. The molecule has 0 spiro atoms. The van der Waals surface area contributed by atoms with Gasteiger partial charge < -0.3 is 25.0 Å². The monoisotopic (exact) mass is 368 g/mol. The zero-order valence-electron chi connectivity index (χ0n) is 14.3. The Hall–Kier alpha value is -3.81. The summed E-state index contributed by atoms with van der Waals surface area (Å²) in [6.45, 7) is -0.534. The predicted octanol–water partition coefficient (Wildman–Crippen LogP) is 2.56. The molecule has 3 rings (SSSR count). The number of pyridine rings is 1. The van der Waals surface area contributed by atoms with Gasteiger partial charge in [0.25, 0.3) is 5.91 Å². The van der Waals surface area contributed by atoms with Crippen LogP contribution < -0.4 is 14.8 Å². The number of aliphatic carboxylic acids is 1. The van der Waals surface area contributed by atoms with Crippen LogP contribution in [0.1, 0.15) is 10.5 Å². The van der Waals surface area contributed by atoms with Crippen LogP contribution in [0.5, 0.6) is 23.1 Å². The summed E-state index contributed by atoms with van der Waals surface area (Å²) in [7, 11) is 1.57. The summed E-state index contributed by atoms with van der Waals surface area (Å²) >= 11 is 0. The molecule has 0 aliphatic carbocycles. The number of hydrogen-bond donors (Lipinski definition) is 3. The Kier molecular flexibility index (Phi) is 5.07. The Morgan fingerprint density at radius 3 is 2.37 bits per heavy atom. The summed E-state index contributed by atoms with van der Waals surface area (Å²) in [6, 6.07) is 13.4. The van der Waals surface area contributed by atoms with Crippen LogP contribution in [0.15, 0.2) is 48.5 Å². The van der Waals surface area contributed by atoms with E-state index in [4.69, 9.17) is 14.6 Å². The van der Waals surface area contributed by atoms with Gasteiger partial charge in [-0.2, -0.15) is 0 Å². The maximum Gasteiger partial charge on any atom is 0.322 e. The summed E-state index contributed by atoms with van der Waals surface area (Å²) in [5.74, 6) is -0.438. The molecule has 27 heavy (non-hydrogen) atoms. The van der Waals surface area contributed by atoms with E-state index < -0.39 is 18.4 Å². The van der Waals surface area contributed by atoms with E-state index in [1.807, 2.05) is 0 Å². The van der Waals surface area contributed by atoms with Gasteiger partial charge in [-0.15, -0.1) is 0 Å². The largest absolute Gasteiger partial charge is 0.497 e. The van der Waals surface area contributed by atoms with Gasteiger partial charge in [0.1, 0.15) is 29.5 Å². The third-order valence-electron chi connectivity index (χ3n) is 3.71. The number of hydrogen-bond acceptors (Lipinski definition) is 6. The summed E-state index contributed by atoms with van der Waals surface area (Å²) in [4.78, 5) is 26.3. The number of carbonyl (C=O) groups excluding carboxylic acids is 1. The molecular weight excluding hydrogens is 352 g/mol. The van der Waals surface area contributed by atoms with Crippen molar-refractivity contribution in [1.82, 2.24) is 10.3 Å². The first-order chi connectivity index (χ1) is 13.0. The third-order valence-corrected chi connectivity index (χ3v) is 3.71. The van der Waals surface area contributed by atoms with Crippen LogP contribution in [0.2, 0.25) is 0 Å². The first-order valence-corrected chi connectivity index (χ1v) is 7.92. The third kappa shape index (κ3) is 4.24. The maximum atomic E-state index is 11.9. The molecule has 2 aromatic carbocycles.